The van der Waals surface area contributed by atoms with Crippen LogP contribution in [-0.2, 0) is 7.05 Å². The molecular weight excluding hydrogens is 202 g/mol. The molecule has 5 heteroatoms. The second kappa shape index (κ2) is 2.70. The molecule has 1 rings (SSSR count). The van der Waals surface area contributed by atoms with Gasteiger partial charge in [0, 0.05) is 7.05 Å². The van der Waals surface area contributed by atoms with Crippen molar-refractivity contribution < 1.29 is 0 Å². The van der Waals surface area contributed by atoms with E-state index in [-0.39, 0.29) is 0 Å². The van der Waals surface area contributed by atoms with Gasteiger partial charge in [0.05, 0.1) is 0 Å². The lowest BCUT2D eigenvalue weighted by Crippen LogP contribution is -1.91. The number of nitrogens with zero attached hydrogens (tertiary/aromatic N) is 3. The maximum absolute atomic E-state index is 4.06. The van der Waals surface area contributed by atoms with E-state index in [0.29, 0.717) is 4.73 Å². The summed E-state index contributed by atoms with van der Waals surface area (Å²) in [5.41, 5.74) is 0. The predicted octanol–water partition coefficient (Wildman–Crippen LogP) is 1.30. The summed E-state index contributed by atoms with van der Waals surface area (Å²) in [5, 5.41) is 4.90. The highest BCUT2D eigenvalue weighted by molar-refractivity contribution is 9.10. The highest BCUT2D eigenvalue weighted by atomic mass is 79.9. The lowest BCUT2D eigenvalue weighted by molar-refractivity contribution is 0.684. The second-order valence-electron chi connectivity index (χ2n) is 1.49. The van der Waals surface area contributed by atoms with Crippen molar-refractivity contribution in [3.63, 3.8) is 0 Å². The molecule has 0 radical (unpaired) electrons. The van der Waals surface area contributed by atoms with Crippen LogP contribution in [0.3, 0.4) is 0 Å². The van der Waals surface area contributed by atoms with Crippen molar-refractivity contribution in [2.24, 2.45) is 7.05 Å². The predicted molar refractivity (Wildman–Crippen MR) is 40.5 cm³/mol. The molecule has 0 saturated carbocycles. The summed E-state index contributed by atoms with van der Waals surface area (Å²) in [6.45, 7) is 0. The van der Waals surface area contributed by atoms with Crippen LogP contribution < -0.4 is 0 Å². The van der Waals surface area contributed by atoms with Gasteiger partial charge < -0.3 is 0 Å². The van der Waals surface area contributed by atoms with Gasteiger partial charge in [0.15, 0.2) is 5.16 Å². The maximum Gasteiger partial charge on any atom is 0.218 e. The van der Waals surface area contributed by atoms with E-state index >= 15 is 0 Å². The molecule has 0 saturated heterocycles. The zero-order valence-electron chi connectivity index (χ0n) is 5.13. The van der Waals surface area contributed by atoms with Crippen molar-refractivity contribution in [1.82, 2.24) is 14.8 Å². The number of rotatable bonds is 1. The molecule has 1 aromatic heterocycles. The number of hydrogen-bond acceptors (Lipinski definition) is 3. The van der Waals surface area contributed by atoms with Crippen molar-refractivity contribution in [3.8, 4) is 0 Å². The fourth-order valence-corrected chi connectivity index (χ4v) is 1.52. The summed E-state index contributed by atoms with van der Waals surface area (Å²) in [7, 11) is 1.86. The first-order valence-corrected chi connectivity index (χ1v) is 4.36. The third kappa shape index (κ3) is 1.46. The Labute approximate surface area is 66.0 Å². The van der Waals surface area contributed by atoms with Crippen LogP contribution in [0.2, 0.25) is 0 Å². The van der Waals surface area contributed by atoms with Crippen LogP contribution in [0.5, 0.6) is 0 Å². The highest BCUT2D eigenvalue weighted by Gasteiger charge is 2.00. The second-order valence-corrected chi connectivity index (χ2v) is 2.97. The fraction of sp³-hybridized carbons (Fsp3) is 0.500. The molecule has 0 atom stereocenters. The smallest absolute Gasteiger partial charge is 0.218 e. The Bertz CT molecular complexity index is 210. The summed E-state index contributed by atoms with van der Waals surface area (Å²) in [6, 6.07) is 0. The molecule has 9 heavy (non-hydrogen) atoms. The van der Waals surface area contributed by atoms with Crippen LogP contribution in [0, 0.1) is 0 Å². The summed E-state index contributed by atoms with van der Waals surface area (Å²) in [5.74, 6) is 0. The van der Waals surface area contributed by atoms with Crippen molar-refractivity contribution in [2.45, 2.75) is 5.16 Å². The van der Waals surface area contributed by atoms with Gasteiger partial charge in [0.25, 0.3) is 0 Å². The van der Waals surface area contributed by atoms with Crippen LogP contribution in [0.25, 0.3) is 0 Å². The minimum atomic E-state index is 0.648. The molecule has 0 bridgehead atoms. The van der Waals surface area contributed by atoms with E-state index in [1.807, 2.05) is 13.3 Å². The van der Waals surface area contributed by atoms with Gasteiger partial charge >= 0.3 is 0 Å². The van der Waals surface area contributed by atoms with Gasteiger partial charge in [-0.1, -0.05) is 11.8 Å². The molecule has 3 nitrogen and oxygen atoms in total. The summed E-state index contributed by atoms with van der Waals surface area (Å²) < 4.78 is 2.38. The molecule has 0 amide bonds. The molecular formula is C4H6BrN3S. The Hall–Kier alpha value is -0.0300. The molecule has 1 heterocycles. The first-order valence-electron chi connectivity index (χ1n) is 2.34. The van der Waals surface area contributed by atoms with Gasteiger partial charge in [-0.25, -0.2) is 4.68 Å². The molecule has 0 spiro atoms. The molecule has 0 aliphatic carbocycles. The SMILES string of the molecule is CSc1nc(Br)nn1C. The van der Waals surface area contributed by atoms with Gasteiger partial charge in [-0.2, -0.15) is 4.98 Å². The fourth-order valence-electron chi connectivity index (χ4n) is 0.518. The van der Waals surface area contributed by atoms with E-state index in [2.05, 4.69) is 26.0 Å². The minimum absolute atomic E-state index is 0.648. The zero-order valence-corrected chi connectivity index (χ0v) is 7.53. The molecule has 0 unspecified atom stereocenters. The number of halogens is 1. The van der Waals surface area contributed by atoms with Crippen LogP contribution in [0.1, 0.15) is 0 Å². The van der Waals surface area contributed by atoms with Crippen LogP contribution >= 0.6 is 27.7 Å². The van der Waals surface area contributed by atoms with Gasteiger partial charge in [-0.05, 0) is 22.2 Å². The summed E-state index contributed by atoms with van der Waals surface area (Å²) >= 11 is 4.74. The number of aromatic nitrogens is 3. The lowest BCUT2D eigenvalue weighted by atomic mass is 11.2. The Kier molecular flexibility index (Phi) is 2.13. The van der Waals surface area contributed by atoms with Crippen molar-refractivity contribution in [2.75, 3.05) is 6.26 Å². The third-order valence-corrected chi connectivity index (χ3v) is 1.94. The van der Waals surface area contributed by atoms with E-state index in [4.69, 9.17) is 0 Å². The van der Waals surface area contributed by atoms with E-state index in [1.165, 1.54) is 0 Å². The summed E-state index contributed by atoms with van der Waals surface area (Å²) in [6.07, 6.45) is 1.97. The van der Waals surface area contributed by atoms with Gasteiger partial charge in [0.1, 0.15) is 0 Å². The highest BCUT2D eigenvalue weighted by Crippen LogP contribution is 2.12. The van der Waals surface area contributed by atoms with E-state index < -0.39 is 0 Å². The first kappa shape index (κ1) is 7.08. The molecule has 1 aromatic rings. The van der Waals surface area contributed by atoms with Gasteiger partial charge in [-0.3, -0.25) is 0 Å². The Morgan fingerprint density at radius 1 is 1.67 bits per heavy atom. The first-order chi connectivity index (χ1) is 4.24. The molecule has 0 aromatic carbocycles. The normalized spacial score (nSPS) is 10.1. The zero-order chi connectivity index (χ0) is 6.85. The van der Waals surface area contributed by atoms with E-state index in [0.717, 1.165) is 5.16 Å². The molecule has 0 N–H and O–H groups in total. The molecule has 50 valence electrons. The third-order valence-electron chi connectivity index (χ3n) is 0.880. The van der Waals surface area contributed by atoms with Crippen LogP contribution in [0.15, 0.2) is 9.89 Å². The van der Waals surface area contributed by atoms with E-state index in [9.17, 15) is 0 Å². The monoisotopic (exact) mass is 207 g/mol. The largest absolute Gasteiger partial charge is 0.243 e. The number of hydrogen-bond donors (Lipinski definition) is 0. The van der Waals surface area contributed by atoms with Crippen LogP contribution in [0.4, 0.5) is 0 Å². The van der Waals surface area contributed by atoms with Gasteiger partial charge in [0.2, 0.25) is 4.73 Å². The lowest BCUT2D eigenvalue weighted by Gasteiger charge is -1.89. The summed E-state index contributed by atoms with van der Waals surface area (Å²) in [4.78, 5) is 4.06. The maximum atomic E-state index is 4.06. The minimum Gasteiger partial charge on any atom is -0.243 e. The van der Waals surface area contributed by atoms with Crippen molar-refractivity contribution >= 4 is 27.7 Å². The van der Waals surface area contributed by atoms with Crippen LogP contribution in [-0.4, -0.2) is 21.0 Å². The Morgan fingerprint density at radius 2 is 2.33 bits per heavy atom. The Balaban J connectivity index is 3.01. The molecule has 0 aliphatic heterocycles. The average Bonchev–Trinajstić information content (AvgIpc) is 2.10. The van der Waals surface area contributed by atoms with Crippen molar-refractivity contribution in [1.29, 1.82) is 0 Å². The molecule has 0 fully saturated rings. The number of aryl methyl sites for hydroxylation is 1. The standard InChI is InChI=1S/C4H6BrN3S/c1-8-4(9-2)6-3(5)7-8/h1-2H3. The number of thioether (sulfide) groups is 1. The topological polar surface area (TPSA) is 30.7 Å². The quantitative estimate of drug-likeness (QED) is 0.651. The molecule has 0 aliphatic rings. The Morgan fingerprint density at radius 3 is 2.56 bits per heavy atom. The van der Waals surface area contributed by atoms with Crippen molar-refractivity contribution in [3.05, 3.63) is 4.73 Å². The van der Waals surface area contributed by atoms with E-state index in [1.54, 1.807) is 16.4 Å². The average molecular weight is 208 g/mol. The van der Waals surface area contributed by atoms with Gasteiger partial charge in [-0.15, -0.1) is 5.10 Å².